The summed E-state index contributed by atoms with van der Waals surface area (Å²) in [7, 11) is 0. The summed E-state index contributed by atoms with van der Waals surface area (Å²) in [6.45, 7) is 10.7. The summed E-state index contributed by atoms with van der Waals surface area (Å²) in [5, 5.41) is 4.47. The Morgan fingerprint density at radius 1 is 1.30 bits per heavy atom. The van der Waals surface area contributed by atoms with Crippen LogP contribution >= 0.6 is 0 Å². The summed E-state index contributed by atoms with van der Waals surface area (Å²) in [6.07, 6.45) is 3.56. The van der Waals surface area contributed by atoms with E-state index in [4.69, 9.17) is 4.74 Å². The number of hydrogen-bond donors (Lipinski definition) is 0. The largest absolute Gasteiger partial charge is 0.380 e. The Kier molecular flexibility index (Phi) is 6.19. The zero-order valence-electron chi connectivity index (χ0n) is 16.9. The molecular formula is C20H32N4O3. The van der Waals surface area contributed by atoms with Crippen LogP contribution in [0.5, 0.6) is 0 Å². The van der Waals surface area contributed by atoms with Crippen LogP contribution in [0.4, 0.5) is 0 Å². The molecule has 2 aliphatic heterocycles. The van der Waals surface area contributed by atoms with E-state index in [9.17, 15) is 9.59 Å². The van der Waals surface area contributed by atoms with Gasteiger partial charge in [-0.25, -0.2) is 0 Å². The Labute approximate surface area is 161 Å². The lowest BCUT2D eigenvalue weighted by molar-refractivity contribution is -0.138. The molecule has 0 bridgehead atoms. The summed E-state index contributed by atoms with van der Waals surface area (Å²) >= 11 is 0. The fourth-order valence-corrected chi connectivity index (χ4v) is 4.45. The summed E-state index contributed by atoms with van der Waals surface area (Å²) < 4.78 is 7.20. The van der Waals surface area contributed by atoms with Gasteiger partial charge in [0.25, 0.3) is 5.91 Å². The maximum Gasteiger partial charge on any atom is 0.272 e. The average molecular weight is 377 g/mol. The van der Waals surface area contributed by atoms with Crippen molar-refractivity contribution >= 4 is 11.8 Å². The number of likely N-dealkylation sites (tertiary alicyclic amines) is 2. The van der Waals surface area contributed by atoms with E-state index in [1.54, 1.807) is 4.68 Å². The topological polar surface area (TPSA) is 67.7 Å². The summed E-state index contributed by atoms with van der Waals surface area (Å²) in [4.78, 5) is 29.3. The van der Waals surface area contributed by atoms with Gasteiger partial charge in [-0.15, -0.1) is 0 Å². The van der Waals surface area contributed by atoms with Crippen LogP contribution < -0.4 is 0 Å². The molecule has 0 radical (unpaired) electrons. The molecule has 27 heavy (non-hydrogen) atoms. The van der Waals surface area contributed by atoms with Gasteiger partial charge in [-0.3, -0.25) is 14.3 Å². The second-order valence-corrected chi connectivity index (χ2v) is 7.83. The molecule has 0 aliphatic carbocycles. The van der Waals surface area contributed by atoms with Gasteiger partial charge in [0.15, 0.2) is 0 Å². The van der Waals surface area contributed by atoms with Crippen molar-refractivity contribution in [3.8, 4) is 0 Å². The van der Waals surface area contributed by atoms with Gasteiger partial charge in [0.1, 0.15) is 5.69 Å². The maximum absolute atomic E-state index is 13.3. The van der Waals surface area contributed by atoms with Crippen molar-refractivity contribution in [1.29, 1.82) is 0 Å². The number of aryl methyl sites for hydroxylation is 1. The highest BCUT2D eigenvalue weighted by molar-refractivity contribution is 5.93. The predicted octanol–water partition coefficient (Wildman–Crippen LogP) is 2.09. The van der Waals surface area contributed by atoms with Crippen LogP contribution in [0.1, 0.15) is 55.7 Å². The smallest absolute Gasteiger partial charge is 0.272 e. The standard InChI is InChI=1S/C20H32N4O3/c1-4-22-14-20(9-7-18(22)25)8-6-10-23(15-20)19(26)17-13-16(3)21-24(17)11-12-27-5-2/h13H,4-12,14-15H2,1-3H3/t20-/m1/s1. The van der Waals surface area contributed by atoms with Crippen molar-refractivity contribution in [2.75, 3.05) is 39.4 Å². The predicted molar refractivity (Wildman–Crippen MR) is 103 cm³/mol. The first-order chi connectivity index (χ1) is 13.0. The molecule has 2 amide bonds. The highest BCUT2D eigenvalue weighted by Crippen LogP contribution is 2.39. The molecular weight excluding hydrogens is 344 g/mol. The minimum Gasteiger partial charge on any atom is -0.380 e. The monoisotopic (exact) mass is 376 g/mol. The molecule has 0 aromatic carbocycles. The van der Waals surface area contributed by atoms with E-state index in [2.05, 4.69) is 5.10 Å². The number of rotatable bonds is 6. The van der Waals surface area contributed by atoms with Crippen molar-refractivity contribution in [2.24, 2.45) is 5.41 Å². The van der Waals surface area contributed by atoms with Crippen LogP contribution in [0.3, 0.4) is 0 Å². The normalized spacial score (nSPS) is 23.3. The number of piperidine rings is 2. The van der Waals surface area contributed by atoms with Gasteiger partial charge in [0, 0.05) is 44.6 Å². The van der Waals surface area contributed by atoms with E-state index in [1.807, 2.05) is 36.6 Å². The maximum atomic E-state index is 13.3. The SMILES string of the molecule is CCOCCn1nc(C)cc1C(=O)N1CCC[C@]2(CCC(=O)N(CC)C2)C1. The van der Waals surface area contributed by atoms with E-state index in [0.29, 0.717) is 31.9 Å². The zero-order valence-corrected chi connectivity index (χ0v) is 16.9. The third-order valence-corrected chi connectivity index (χ3v) is 5.85. The van der Waals surface area contributed by atoms with Crippen molar-refractivity contribution in [2.45, 2.75) is 53.0 Å². The van der Waals surface area contributed by atoms with Gasteiger partial charge in [-0.1, -0.05) is 0 Å². The Morgan fingerprint density at radius 2 is 2.11 bits per heavy atom. The molecule has 1 aromatic rings. The molecule has 0 saturated carbocycles. The van der Waals surface area contributed by atoms with Gasteiger partial charge in [0.2, 0.25) is 5.91 Å². The highest BCUT2D eigenvalue weighted by Gasteiger charge is 2.42. The fourth-order valence-electron chi connectivity index (χ4n) is 4.45. The van der Waals surface area contributed by atoms with E-state index in [0.717, 1.165) is 51.1 Å². The lowest BCUT2D eigenvalue weighted by atomic mass is 9.73. The molecule has 150 valence electrons. The first-order valence-electron chi connectivity index (χ1n) is 10.2. The third kappa shape index (κ3) is 4.34. The van der Waals surface area contributed by atoms with Crippen LogP contribution in [-0.2, 0) is 16.1 Å². The third-order valence-electron chi connectivity index (χ3n) is 5.85. The Hall–Kier alpha value is -1.89. The number of carbonyl (C=O) groups excluding carboxylic acids is 2. The summed E-state index contributed by atoms with van der Waals surface area (Å²) in [5.74, 6) is 0.294. The molecule has 1 aromatic heterocycles. The second-order valence-electron chi connectivity index (χ2n) is 7.83. The molecule has 3 rings (SSSR count). The Balaban J connectivity index is 1.73. The molecule has 2 fully saturated rings. The number of aromatic nitrogens is 2. The lowest BCUT2D eigenvalue weighted by Crippen LogP contribution is -2.55. The van der Waals surface area contributed by atoms with Crippen molar-refractivity contribution in [3.63, 3.8) is 0 Å². The molecule has 1 atom stereocenters. The molecule has 0 unspecified atom stereocenters. The van der Waals surface area contributed by atoms with Crippen LogP contribution in [0.15, 0.2) is 6.07 Å². The summed E-state index contributed by atoms with van der Waals surface area (Å²) in [5.41, 5.74) is 1.54. The lowest BCUT2D eigenvalue weighted by Gasteiger charge is -2.48. The van der Waals surface area contributed by atoms with Gasteiger partial charge >= 0.3 is 0 Å². The van der Waals surface area contributed by atoms with E-state index in [-0.39, 0.29) is 17.2 Å². The summed E-state index contributed by atoms with van der Waals surface area (Å²) in [6, 6.07) is 1.87. The first-order valence-corrected chi connectivity index (χ1v) is 10.2. The number of amides is 2. The van der Waals surface area contributed by atoms with Crippen molar-refractivity contribution in [3.05, 3.63) is 17.5 Å². The van der Waals surface area contributed by atoms with E-state index in [1.165, 1.54) is 0 Å². The van der Waals surface area contributed by atoms with Gasteiger partial charge in [-0.05, 0) is 46.1 Å². The molecule has 7 heteroatoms. The molecule has 0 N–H and O–H groups in total. The quantitative estimate of drug-likeness (QED) is 0.713. The van der Waals surface area contributed by atoms with Crippen LogP contribution in [-0.4, -0.2) is 70.8 Å². The second kappa shape index (κ2) is 8.42. The Morgan fingerprint density at radius 3 is 2.85 bits per heavy atom. The average Bonchev–Trinajstić information content (AvgIpc) is 3.04. The van der Waals surface area contributed by atoms with Gasteiger partial charge < -0.3 is 14.5 Å². The minimum absolute atomic E-state index is 0.0447. The number of carbonyl (C=O) groups is 2. The molecule has 1 spiro atoms. The van der Waals surface area contributed by atoms with E-state index >= 15 is 0 Å². The number of ether oxygens (including phenoxy) is 1. The van der Waals surface area contributed by atoms with Gasteiger partial charge in [-0.2, -0.15) is 5.10 Å². The number of nitrogens with zero attached hydrogens (tertiary/aromatic N) is 4. The molecule has 2 saturated heterocycles. The first kappa shape index (κ1) is 19.9. The van der Waals surface area contributed by atoms with Crippen molar-refractivity contribution in [1.82, 2.24) is 19.6 Å². The molecule has 2 aliphatic rings. The van der Waals surface area contributed by atoms with Crippen LogP contribution in [0.2, 0.25) is 0 Å². The highest BCUT2D eigenvalue weighted by atomic mass is 16.5. The minimum atomic E-state index is 0.0447. The number of hydrogen-bond acceptors (Lipinski definition) is 4. The fraction of sp³-hybridized carbons (Fsp3) is 0.750. The molecule has 7 nitrogen and oxygen atoms in total. The molecule has 3 heterocycles. The van der Waals surface area contributed by atoms with Crippen LogP contribution in [0, 0.1) is 12.3 Å². The van der Waals surface area contributed by atoms with Crippen LogP contribution in [0.25, 0.3) is 0 Å². The van der Waals surface area contributed by atoms with E-state index < -0.39 is 0 Å². The Bertz CT molecular complexity index is 687. The zero-order chi connectivity index (χ0) is 19.4. The van der Waals surface area contributed by atoms with Crippen molar-refractivity contribution < 1.29 is 14.3 Å². The van der Waals surface area contributed by atoms with Gasteiger partial charge in [0.05, 0.1) is 18.8 Å².